The van der Waals surface area contributed by atoms with Crippen molar-refractivity contribution in [3.8, 4) is 0 Å². The number of urea groups is 1. The van der Waals surface area contributed by atoms with Gasteiger partial charge in [0.2, 0.25) is 6.41 Å². The number of carbonyl (C=O) groups excluding carboxylic acids is 2. The molecule has 3 amide bonds. The summed E-state index contributed by atoms with van der Waals surface area (Å²) in [5.41, 5.74) is 16.1. The minimum atomic E-state index is -0.258. The molecule has 7 heteroatoms. The Morgan fingerprint density at radius 1 is 1.17 bits per heavy atom. The lowest BCUT2D eigenvalue weighted by Gasteiger charge is -2.30. The number of nitrogen functional groups attached to an aromatic ring is 1. The van der Waals surface area contributed by atoms with Crippen LogP contribution in [0.4, 0.5) is 10.5 Å². The molecule has 0 saturated heterocycles. The number of nitrogens with one attached hydrogen (secondary N) is 3. The maximum absolute atomic E-state index is 12.1. The van der Waals surface area contributed by atoms with Crippen molar-refractivity contribution in [2.45, 2.75) is 19.9 Å². The molecule has 2 aromatic carbocycles. The zero-order valence-electron chi connectivity index (χ0n) is 16.4. The third kappa shape index (κ3) is 5.32. The molecular weight excluding hydrogens is 366 g/mol. The highest BCUT2D eigenvalue weighted by Gasteiger charge is 2.27. The molecule has 0 bridgehead atoms. The maximum atomic E-state index is 12.1. The second-order valence-corrected chi connectivity index (χ2v) is 6.49. The first-order chi connectivity index (χ1) is 13.9. The monoisotopic (exact) mass is 391 g/mol. The fourth-order valence-electron chi connectivity index (χ4n) is 3.18. The highest BCUT2D eigenvalue weighted by molar-refractivity contribution is 5.92. The van der Waals surface area contributed by atoms with Crippen LogP contribution in [0.3, 0.4) is 0 Å². The number of benzene rings is 2. The smallest absolute Gasteiger partial charge is 0.319 e. The number of hydrogen-bond donors (Lipinski definition) is 5. The Balaban J connectivity index is 0.000000941. The average molecular weight is 391 g/mol. The lowest BCUT2D eigenvalue weighted by Crippen LogP contribution is -2.47. The molecule has 1 atom stereocenters. The Hall–Kier alpha value is -3.87. The van der Waals surface area contributed by atoms with Crippen LogP contribution >= 0.6 is 0 Å². The van der Waals surface area contributed by atoms with Crippen LogP contribution in [0.5, 0.6) is 0 Å². The molecule has 1 unspecified atom stereocenters. The second-order valence-electron chi connectivity index (χ2n) is 6.49. The first-order valence-corrected chi connectivity index (χ1v) is 8.98. The van der Waals surface area contributed by atoms with Crippen molar-refractivity contribution in [2.75, 3.05) is 5.73 Å². The van der Waals surface area contributed by atoms with Crippen molar-refractivity contribution in [1.82, 2.24) is 10.6 Å². The van der Waals surface area contributed by atoms with E-state index >= 15 is 0 Å². The van der Waals surface area contributed by atoms with Gasteiger partial charge in [0, 0.05) is 28.7 Å². The molecule has 0 radical (unpaired) electrons. The summed E-state index contributed by atoms with van der Waals surface area (Å²) in [4.78, 5) is 20.6. The van der Waals surface area contributed by atoms with E-state index in [1.807, 2.05) is 56.3 Å². The van der Waals surface area contributed by atoms with Gasteiger partial charge in [0.15, 0.2) is 0 Å². The summed E-state index contributed by atoms with van der Waals surface area (Å²) in [6.07, 6.45) is 3.56. The first-order valence-electron chi connectivity index (χ1n) is 8.98. The van der Waals surface area contributed by atoms with Gasteiger partial charge in [0.1, 0.15) is 0 Å². The van der Waals surface area contributed by atoms with Crippen LogP contribution < -0.4 is 22.1 Å². The minimum Gasteiger partial charge on any atom is -0.398 e. The molecule has 2 aromatic rings. The van der Waals surface area contributed by atoms with Crippen molar-refractivity contribution < 1.29 is 9.59 Å². The molecule has 1 aliphatic heterocycles. The first kappa shape index (κ1) is 21.4. The maximum Gasteiger partial charge on any atom is 0.319 e. The Bertz CT molecular complexity index is 964. The van der Waals surface area contributed by atoms with Gasteiger partial charge < -0.3 is 27.5 Å². The Morgan fingerprint density at radius 2 is 1.83 bits per heavy atom. The molecule has 0 saturated carbocycles. The zero-order valence-corrected chi connectivity index (χ0v) is 16.4. The van der Waals surface area contributed by atoms with E-state index in [-0.39, 0.29) is 18.5 Å². The average Bonchev–Trinajstić information content (AvgIpc) is 2.69. The number of allylic oxidation sites excluding steroid dienone is 1. The summed E-state index contributed by atoms with van der Waals surface area (Å²) < 4.78 is 0. The van der Waals surface area contributed by atoms with Crippen molar-refractivity contribution in [3.05, 3.63) is 76.5 Å². The predicted molar refractivity (Wildman–Crippen MR) is 117 cm³/mol. The summed E-state index contributed by atoms with van der Waals surface area (Å²) in [5, 5.41) is 13.4. The van der Waals surface area contributed by atoms with Gasteiger partial charge in [-0.25, -0.2) is 4.79 Å². The number of carbonyl (C=O) groups is 2. The number of hydrogen-bond acceptors (Lipinski definition) is 4. The quantitative estimate of drug-likeness (QED) is 0.312. The van der Waals surface area contributed by atoms with Gasteiger partial charge in [-0.1, -0.05) is 42.5 Å². The summed E-state index contributed by atoms with van der Waals surface area (Å²) in [6, 6.07) is 15.1. The lowest BCUT2D eigenvalue weighted by atomic mass is 9.89. The van der Waals surface area contributed by atoms with Gasteiger partial charge in [0.05, 0.1) is 6.04 Å². The number of rotatable bonds is 4. The molecular formula is C22H25N5O2. The van der Waals surface area contributed by atoms with Gasteiger partial charge in [0.25, 0.3) is 0 Å². The molecule has 0 aromatic heterocycles. The molecule has 0 spiro atoms. The van der Waals surface area contributed by atoms with Crippen molar-refractivity contribution in [2.24, 2.45) is 5.73 Å². The molecule has 150 valence electrons. The van der Waals surface area contributed by atoms with Crippen LogP contribution in [-0.2, 0) is 4.79 Å². The van der Waals surface area contributed by atoms with Crippen LogP contribution in [0, 0.1) is 5.41 Å². The van der Waals surface area contributed by atoms with E-state index in [9.17, 15) is 4.79 Å². The van der Waals surface area contributed by atoms with E-state index in [1.165, 1.54) is 6.21 Å². The third-order valence-electron chi connectivity index (χ3n) is 4.47. The molecule has 3 rings (SSSR count). The molecule has 0 fully saturated rings. The Morgan fingerprint density at radius 3 is 2.45 bits per heavy atom. The standard InChI is InChI=1S/C21H22N4O.CH3NO/c1-13(10-15-6-4-3-5-7-15)20-19(14(2)24-21(26)25-20)16-8-9-18(23)17(11-16)12-22;2-1-3/h3-12,20,22H,23H2,1-2H3,(H2,24,25,26);1H,(H2,2,3)/b13-10+,22-12?;. The largest absolute Gasteiger partial charge is 0.398 e. The topological polar surface area (TPSA) is 134 Å². The van der Waals surface area contributed by atoms with Crippen LogP contribution in [-0.4, -0.2) is 24.7 Å². The van der Waals surface area contributed by atoms with Crippen LogP contribution in [0.25, 0.3) is 11.6 Å². The normalized spacial score (nSPS) is 16.1. The number of primary amides is 1. The lowest BCUT2D eigenvalue weighted by molar-refractivity contribution is -0.106. The molecule has 7 N–H and O–H groups in total. The molecule has 29 heavy (non-hydrogen) atoms. The van der Waals surface area contributed by atoms with Gasteiger partial charge >= 0.3 is 6.03 Å². The van der Waals surface area contributed by atoms with E-state index in [0.717, 1.165) is 28.0 Å². The molecule has 1 aliphatic rings. The summed E-state index contributed by atoms with van der Waals surface area (Å²) >= 11 is 0. The fraction of sp³-hybridized carbons (Fsp3) is 0.136. The van der Waals surface area contributed by atoms with E-state index in [4.69, 9.17) is 15.9 Å². The predicted octanol–water partition coefficient (Wildman–Crippen LogP) is 2.88. The minimum absolute atomic E-state index is 0.222. The Kier molecular flexibility index (Phi) is 7.31. The Labute approximate surface area is 170 Å². The van der Waals surface area contributed by atoms with E-state index in [2.05, 4.69) is 22.4 Å². The van der Waals surface area contributed by atoms with Crippen molar-refractivity contribution in [3.63, 3.8) is 0 Å². The van der Waals surface area contributed by atoms with Crippen molar-refractivity contribution in [1.29, 1.82) is 5.41 Å². The summed E-state index contributed by atoms with van der Waals surface area (Å²) in [7, 11) is 0. The van der Waals surface area contributed by atoms with E-state index in [0.29, 0.717) is 11.3 Å². The third-order valence-corrected chi connectivity index (χ3v) is 4.47. The number of anilines is 1. The van der Waals surface area contributed by atoms with Crippen LogP contribution in [0.2, 0.25) is 0 Å². The van der Waals surface area contributed by atoms with Gasteiger partial charge in [-0.05, 0) is 42.7 Å². The van der Waals surface area contributed by atoms with Crippen LogP contribution in [0.15, 0.2) is 59.8 Å². The van der Waals surface area contributed by atoms with Gasteiger partial charge in [-0.2, -0.15) is 0 Å². The molecule has 0 aliphatic carbocycles. The fourth-order valence-corrected chi connectivity index (χ4v) is 3.18. The SMILES string of the molecule is CC1=C(c2ccc(N)c(C=N)c2)C(/C(C)=C/c2ccccc2)NC(=O)N1.NC=O. The molecule has 1 heterocycles. The summed E-state index contributed by atoms with van der Waals surface area (Å²) in [6.45, 7) is 3.89. The number of nitrogens with two attached hydrogens (primary N) is 2. The summed E-state index contributed by atoms with van der Waals surface area (Å²) in [5.74, 6) is 0. The van der Waals surface area contributed by atoms with Crippen molar-refractivity contribution >= 4 is 36.0 Å². The number of amides is 3. The highest BCUT2D eigenvalue weighted by atomic mass is 16.2. The van der Waals surface area contributed by atoms with Crippen LogP contribution in [0.1, 0.15) is 30.5 Å². The zero-order chi connectivity index (χ0) is 21.4. The van der Waals surface area contributed by atoms with E-state index in [1.54, 1.807) is 6.07 Å². The van der Waals surface area contributed by atoms with Gasteiger partial charge in [-0.15, -0.1) is 0 Å². The van der Waals surface area contributed by atoms with E-state index < -0.39 is 0 Å². The molecule has 7 nitrogen and oxygen atoms in total. The second kappa shape index (κ2) is 9.89. The highest BCUT2D eigenvalue weighted by Crippen LogP contribution is 2.30. The van der Waals surface area contributed by atoms with Gasteiger partial charge in [-0.3, -0.25) is 4.79 Å².